The van der Waals surface area contributed by atoms with E-state index in [2.05, 4.69) is 260 Å². The van der Waals surface area contributed by atoms with Gasteiger partial charge in [0.1, 0.15) is 0 Å². The maximum Gasteiger partial charge on any atom is 0.0541 e. The zero-order valence-electron chi connectivity index (χ0n) is 39.9. The Kier molecular flexibility index (Phi) is 15.1. The van der Waals surface area contributed by atoms with Crippen LogP contribution in [0.15, 0.2) is 236 Å². The number of nitrogens with zero attached hydrogens (tertiary/aromatic N) is 3. The van der Waals surface area contributed by atoms with E-state index in [0.29, 0.717) is 0 Å². The van der Waals surface area contributed by atoms with Gasteiger partial charge in [-0.15, -0.1) is 0 Å². The van der Waals surface area contributed by atoms with E-state index in [1.165, 1.54) is 84.4 Å². The first-order valence-electron chi connectivity index (χ1n) is 24.1. The Bertz CT molecular complexity index is 3160. The fourth-order valence-electron chi connectivity index (χ4n) is 9.02. The Hall–Kier alpha value is -7.62. The third-order valence-electron chi connectivity index (χ3n) is 12.4. The SMILES string of the molecule is C=C(/C=C\C=C/Cc1ccccc1C)CCCC.CC.Cc1ccc(N(C2=CCC=C(n3c4ccccc4c4ccccc43)C=C2)c2ccc(-n3c4ccccc4c4ccccc43)cc2)cc1. The van der Waals surface area contributed by atoms with Crippen molar-refractivity contribution in [1.29, 1.82) is 0 Å². The molecule has 9 aromatic rings. The highest BCUT2D eigenvalue weighted by atomic mass is 15.1. The lowest BCUT2D eigenvalue weighted by Gasteiger charge is -2.27. The molecular weight excluding hydrogens is 811 g/mol. The highest BCUT2D eigenvalue weighted by molar-refractivity contribution is 6.11. The first-order valence-corrected chi connectivity index (χ1v) is 24.1. The van der Waals surface area contributed by atoms with E-state index in [0.717, 1.165) is 42.0 Å². The number of benzene rings is 7. The Morgan fingerprint density at radius 2 is 1.07 bits per heavy atom. The van der Waals surface area contributed by atoms with Gasteiger partial charge in [0.15, 0.2) is 0 Å². The number of unbranched alkanes of at least 4 members (excludes halogenated alkanes) is 1. The van der Waals surface area contributed by atoms with Crippen molar-refractivity contribution < 1.29 is 0 Å². The summed E-state index contributed by atoms with van der Waals surface area (Å²) in [5, 5.41) is 5.10. The van der Waals surface area contributed by atoms with Crippen LogP contribution in [0, 0.1) is 13.8 Å². The van der Waals surface area contributed by atoms with Crippen molar-refractivity contribution in [2.24, 2.45) is 0 Å². The molecule has 0 amide bonds. The number of rotatable bonds is 12. The lowest BCUT2D eigenvalue weighted by Crippen LogP contribution is -2.15. The van der Waals surface area contributed by atoms with Crippen molar-refractivity contribution in [3.05, 3.63) is 253 Å². The molecule has 1 aliphatic carbocycles. The van der Waals surface area contributed by atoms with Crippen molar-refractivity contribution in [3.63, 3.8) is 0 Å². The number of aromatic nitrogens is 2. The molecule has 0 atom stereocenters. The van der Waals surface area contributed by atoms with Crippen molar-refractivity contribution >= 4 is 60.7 Å². The molecule has 7 aromatic carbocycles. The Labute approximate surface area is 398 Å². The van der Waals surface area contributed by atoms with Gasteiger partial charge in [-0.05, 0) is 123 Å². The molecule has 0 fully saturated rings. The van der Waals surface area contributed by atoms with Crippen LogP contribution < -0.4 is 4.90 Å². The van der Waals surface area contributed by atoms with Gasteiger partial charge in [-0.1, -0.05) is 191 Å². The quantitative estimate of drug-likeness (QED) is 0.111. The van der Waals surface area contributed by atoms with Gasteiger partial charge < -0.3 is 14.0 Å². The summed E-state index contributed by atoms with van der Waals surface area (Å²) < 4.78 is 4.77. The fraction of sp³-hybridized carbons (Fsp3) is 0.156. The molecular formula is C64H63N3. The van der Waals surface area contributed by atoms with Crippen LogP contribution in [-0.2, 0) is 6.42 Å². The summed E-state index contributed by atoms with van der Waals surface area (Å²) in [5.74, 6) is 0. The molecule has 67 heavy (non-hydrogen) atoms. The van der Waals surface area contributed by atoms with E-state index in [9.17, 15) is 0 Å². The highest BCUT2D eigenvalue weighted by Gasteiger charge is 2.18. The highest BCUT2D eigenvalue weighted by Crippen LogP contribution is 2.37. The number of aryl methyl sites for hydroxylation is 2. The van der Waals surface area contributed by atoms with Gasteiger partial charge >= 0.3 is 0 Å². The summed E-state index contributed by atoms with van der Waals surface area (Å²) in [7, 11) is 0. The normalized spacial score (nSPS) is 12.5. The molecule has 0 N–H and O–H groups in total. The molecule has 0 bridgehead atoms. The van der Waals surface area contributed by atoms with E-state index in [-0.39, 0.29) is 0 Å². The standard InChI is InChI=1S/C44H33N3.C18H24.C2H6/c1-31-21-23-34(24-22-31)45(35-27-29-36(30-28-35)47-43-19-8-4-15-39(43)40-16-5-9-20-44(40)47)32-11-10-12-33(26-25-32)46-41-17-6-2-13-37(41)38-14-3-7-18-42(38)46;1-4-5-11-16(2)12-7-6-8-14-18-15-10-9-13-17(18)3;1-2/h2-9,11-30H,10H2,1H3;6-10,12-13,15H,2,4-5,11,14H2,1,3H3;1-2H3/b;8-6-,12-7-;. The van der Waals surface area contributed by atoms with Crippen LogP contribution >= 0.6 is 0 Å². The van der Waals surface area contributed by atoms with Crippen LogP contribution in [0.4, 0.5) is 11.4 Å². The molecule has 10 rings (SSSR count). The second kappa shape index (κ2) is 22.0. The minimum absolute atomic E-state index is 0.820. The summed E-state index contributed by atoms with van der Waals surface area (Å²) in [6.07, 6.45) is 23.1. The van der Waals surface area contributed by atoms with Crippen molar-refractivity contribution in [3.8, 4) is 5.69 Å². The number of allylic oxidation sites excluding steroid dienone is 10. The average Bonchev–Trinajstić information content (AvgIpc) is 3.78. The van der Waals surface area contributed by atoms with Crippen molar-refractivity contribution in [2.45, 2.75) is 66.7 Å². The molecule has 3 nitrogen and oxygen atoms in total. The van der Waals surface area contributed by atoms with Gasteiger partial charge in [0, 0.05) is 50.0 Å². The largest absolute Gasteiger partial charge is 0.311 e. The fourth-order valence-corrected chi connectivity index (χ4v) is 9.02. The van der Waals surface area contributed by atoms with E-state index < -0.39 is 0 Å². The summed E-state index contributed by atoms with van der Waals surface area (Å²) in [6.45, 7) is 14.5. The maximum absolute atomic E-state index is 4.04. The first-order chi connectivity index (χ1) is 33.0. The minimum atomic E-state index is 0.820. The lowest BCUT2D eigenvalue weighted by atomic mass is 10.1. The van der Waals surface area contributed by atoms with Gasteiger partial charge in [-0.2, -0.15) is 0 Å². The molecule has 1 aliphatic rings. The molecule has 3 heteroatoms. The topological polar surface area (TPSA) is 13.1 Å². The molecule has 0 saturated carbocycles. The Balaban J connectivity index is 0.000000258. The molecule has 0 spiro atoms. The van der Waals surface area contributed by atoms with Gasteiger partial charge in [0.05, 0.1) is 22.1 Å². The number of hydrogen-bond donors (Lipinski definition) is 0. The molecule has 2 aromatic heterocycles. The summed E-state index contributed by atoms with van der Waals surface area (Å²) >= 11 is 0. The van der Waals surface area contributed by atoms with Crippen LogP contribution in [0.2, 0.25) is 0 Å². The molecule has 0 unspecified atom stereocenters. The predicted octanol–water partition coefficient (Wildman–Crippen LogP) is 18.1. The van der Waals surface area contributed by atoms with Crippen molar-refractivity contribution in [2.75, 3.05) is 4.90 Å². The molecule has 0 radical (unpaired) electrons. The van der Waals surface area contributed by atoms with Gasteiger partial charge in [0.2, 0.25) is 0 Å². The summed E-state index contributed by atoms with van der Waals surface area (Å²) in [5.41, 5.74) is 15.8. The third kappa shape index (κ3) is 10.3. The number of anilines is 2. The maximum atomic E-state index is 4.04. The van der Waals surface area contributed by atoms with E-state index >= 15 is 0 Å². The Morgan fingerprint density at radius 3 is 1.63 bits per heavy atom. The number of para-hydroxylation sites is 4. The van der Waals surface area contributed by atoms with Crippen LogP contribution in [0.3, 0.4) is 0 Å². The van der Waals surface area contributed by atoms with Crippen LogP contribution in [0.5, 0.6) is 0 Å². The third-order valence-corrected chi connectivity index (χ3v) is 12.4. The van der Waals surface area contributed by atoms with E-state index in [1.807, 2.05) is 13.8 Å². The minimum Gasteiger partial charge on any atom is -0.311 e. The number of fused-ring (bicyclic) bond motifs is 6. The second-order valence-electron chi connectivity index (χ2n) is 16.9. The second-order valence-corrected chi connectivity index (χ2v) is 16.9. The molecule has 2 heterocycles. The monoisotopic (exact) mass is 874 g/mol. The molecule has 0 aliphatic heterocycles. The molecule has 0 saturated heterocycles. The Morgan fingerprint density at radius 1 is 0.567 bits per heavy atom. The van der Waals surface area contributed by atoms with Crippen LogP contribution in [0.1, 0.15) is 63.1 Å². The lowest BCUT2D eigenvalue weighted by molar-refractivity contribution is 0.799. The smallest absolute Gasteiger partial charge is 0.0541 e. The zero-order chi connectivity index (χ0) is 46.5. The van der Waals surface area contributed by atoms with Crippen molar-refractivity contribution in [1.82, 2.24) is 9.13 Å². The van der Waals surface area contributed by atoms with Gasteiger partial charge in [0.25, 0.3) is 0 Å². The van der Waals surface area contributed by atoms with Crippen LogP contribution in [-0.4, -0.2) is 9.13 Å². The van der Waals surface area contributed by atoms with E-state index in [4.69, 9.17) is 0 Å². The molecule has 334 valence electrons. The average molecular weight is 874 g/mol. The number of hydrogen-bond acceptors (Lipinski definition) is 1. The van der Waals surface area contributed by atoms with Gasteiger partial charge in [-0.3, -0.25) is 0 Å². The zero-order valence-corrected chi connectivity index (χ0v) is 39.9. The van der Waals surface area contributed by atoms with Gasteiger partial charge in [-0.25, -0.2) is 0 Å². The summed E-state index contributed by atoms with van der Waals surface area (Å²) in [4.78, 5) is 2.37. The van der Waals surface area contributed by atoms with E-state index in [1.54, 1.807) is 0 Å². The summed E-state index contributed by atoms with van der Waals surface area (Å²) in [6, 6.07) is 61.1. The van der Waals surface area contributed by atoms with Crippen LogP contribution in [0.25, 0.3) is 55.0 Å². The predicted molar refractivity (Wildman–Crippen MR) is 293 cm³/mol. The first kappa shape index (κ1) is 45.9.